The summed E-state index contributed by atoms with van der Waals surface area (Å²) in [4.78, 5) is 28.7. The molecule has 1 atom stereocenters. The van der Waals surface area contributed by atoms with Gasteiger partial charge in [0.2, 0.25) is 5.91 Å². The maximum Gasteiger partial charge on any atom is 0.252 e. The highest BCUT2D eigenvalue weighted by Crippen LogP contribution is 2.18. The topological polar surface area (TPSA) is 108 Å². The van der Waals surface area contributed by atoms with Crippen molar-refractivity contribution in [3.05, 3.63) is 36.0 Å². The van der Waals surface area contributed by atoms with Gasteiger partial charge in [-0.3, -0.25) is 9.59 Å². The molecule has 8 heteroatoms. The fourth-order valence-electron chi connectivity index (χ4n) is 3.64. The summed E-state index contributed by atoms with van der Waals surface area (Å²) in [6.45, 7) is 6.35. The normalized spacial score (nSPS) is 12.8. The van der Waals surface area contributed by atoms with Gasteiger partial charge in [0.25, 0.3) is 5.91 Å². The Bertz CT molecular complexity index is 962. The minimum atomic E-state index is -3.56. The van der Waals surface area contributed by atoms with E-state index in [1.165, 1.54) is 0 Å². The number of rotatable bonds is 13. The highest BCUT2D eigenvalue weighted by atomic mass is 32.2. The van der Waals surface area contributed by atoms with Gasteiger partial charge in [-0.2, -0.15) is 0 Å². The van der Waals surface area contributed by atoms with Gasteiger partial charge in [-0.15, -0.1) is 0 Å². The van der Waals surface area contributed by atoms with Crippen LogP contribution in [0, 0.1) is 0 Å². The van der Waals surface area contributed by atoms with Crippen LogP contribution in [-0.4, -0.2) is 48.8 Å². The highest BCUT2D eigenvalue weighted by molar-refractivity contribution is 7.92. The van der Waals surface area contributed by atoms with Crippen molar-refractivity contribution >= 4 is 32.6 Å². The number of hydrogen-bond donors (Lipinski definition) is 3. The molecule has 172 valence electrons. The molecule has 2 amide bonds. The summed E-state index contributed by atoms with van der Waals surface area (Å²) >= 11 is 0. The van der Waals surface area contributed by atoms with Gasteiger partial charge in [-0.05, 0) is 42.8 Å². The van der Waals surface area contributed by atoms with Crippen LogP contribution >= 0.6 is 0 Å². The number of nitrogens with one attached hydrogen (secondary N) is 3. The molecule has 0 aliphatic carbocycles. The number of H-pyrrole nitrogens is 1. The van der Waals surface area contributed by atoms with Crippen molar-refractivity contribution in [3.63, 3.8) is 0 Å². The average molecular weight is 450 g/mol. The molecular weight excluding hydrogens is 414 g/mol. The van der Waals surface area contributed by atoms with Gasteiger partial charge in [0.15, 0.2) is 9.84 Å². The van der Waals surface area contributed by atoms with Crippen LogP contribution in [0.4, 0.5) is 0 Å². The zero-order valence-electron chi connectivity index (χ0n) is 18.7. The Balaban J connectivity index is 2.22. The van der Waals surface area contributed by atoms with Crippen molar-refractivity contribution in [3.8, 4) is 0 Å². The second kappa shape index (κ2) is 11.9. The third-order valence-electron chi connectivity index (χ3n) is 5.40. The van der Waals surface area contributed by atoms with E-state index in [1.807, 2.05) is 32.9 Å². The average Bonchev–Trinajstić information content (AvgIpc) is 3.21. The number of aromatic amines is 1. The largest absolute Gasteiger partial charge is 0.361 e. The summed E-state index contributed by atoms with van der Waals surface area (Å²) in [5, 5.41) is 5.90. The van der Waals surface area contributed by atoms with E-state index < -0.39 is 38.7 Å². The Morgan fingerprint density at radius 2 is 1.74 bits per heavy atom. The molecule has 3 N–H and O–H groups in total. The van der Waals surface area contributed by atoms with Crippen LogP contribution in [0.25, 0.3) is 10.9 Å². The van der Waals surface area contributed by atoms with E-state index in [9.17, 15) is 18.0 Å². The first kappa shape index (κ1) is 24.9. The first-order valence-corrected chi connectivity index (χ1v) is 12.9. The van der Waals surface area contributed by atoms with Crippen molar-refractivity contribution in [1.29, 1.82) is 0 Å². The van der Waals surface area contributed by atoms with Crippen LogP contribution < -0.4 is 10.6 Å². The molecular formula is C23H35N3O4S. The van der Waals surface area contributed by atoms with Gasteiger partial charge in [0.05, 0.1) is 11.0 Å². The number of carbonyl (C=O) groups is 2. The van der Waals surface area contributed by atoms with Gasteiger partial charge in [-0.1, -0.05) is 46.1 Å². The summed E-state index contributed by atoms with van der Waals surface area (Å²) in [5.74, 6) is -1.32. The monoisotopic (exact) mass is 449 g/mol. The van der Waals surface area contributed by atoms with Crippen LogP contribution in [-0.2, 0) is 14.6 Å². The van der Waals surface area contributed by atoms with Crippen molar-refractivity contribution < 1.29 is 18.0 Å². The van der Waals surface area contributed by atoms with Gasteiger partial charge in [0, 0.05) is 23.8 Å². The summed E-state index contributed by atoms with van der Waals surface area (Å²) in [6.07, 6.45) is 6.08. The second-order valence-corrected chi connectivity index (χ2v) is 10.3. The number of fused-ring (bicyclic) bond motifs is 1. The molecule has 0 fully saturated rings. The number of carbonyl (C=O) groups excluding carboxylic acids is 2. The van der Waals surface area contributed by atoms with E-state index in [4.69, 9.17) is 0 Å². The SMILES string of the molecule is CCCCNC(=O)C(CS(=O)(=O)C(CCC)CCC)NC(=O)c1ccc2cc[nH]c2c1. The molecule has 0 aliphatic rings. The molecule has 1 aromatic heterocycles. The van der Waals surface area contributed by atoms with Crippen molar-refractivity contribution in [2.45, 2.75) is 70.6 Å². The summed E-state index contributed by atoms with van der Waals surface area (Å²) in [5.41, 5.74) is 1.17. The standard InChI is InChI=1S/C23H35N3O4S/c1-4-7-13-25-23(28)21(16-31(29,30)19(8-5-2)9-6-3)26-22(27)18-11-10-17-12-14-24-20(17)15-18/h10-12,14-15,19,21,24H,4-9,13,16H2,1-3H3,(H,25,28)(H,26,27). The molecule has 1 aromatic carbocycles. The molecule has 7 nitrogen and oxygen atoms in total. The van der Waals surface area contributed by atoms with Crippen LogP contribution in [0.1, 0.15) is 69.7 Å². The van der Waals surface area contributed by atoms with E-state index in [0.29, 0.717) is 24.9 Å². The maximum atomic E-state index is 13.1. The lowest BCUT2D eigenvalue weighted by molar-refractivity contribution is -0.122. The molecule has 1 unspecified atom stereocenters. The first-order valence-electron chi connectivity index (χ1n) is 11.2. The van der Waals surface area contributed by atoms with E-state index >= 15 is 0 Å². The number of amides is 2. The van der Waals surface area contributed by atoms with Gasteiger partial charge < -0.3 is 15.6 Å². The fourth-order valence-corrected chi connectivity index (χ4v) is 5.80. The van der Waals surface area contributed by atoms with Gasteiger partial charge in [-0.25, -0.2) is 8.42 Å². The summed E-state index contributed by atoms with van der Waals surface area (Å²) in [6, 6.07) is 5.94. The zero-order valence-corrected chi connectivity index (χ0v) is 19.6. The number of aromatic nitrogens is 1. The quantitative estimate of drug-likeness (QED) is 0.406. The minimum absolute atomic E-state index is 0.373. The van der Waals surface area contributed by atoms with Crippen molar-refractivity contribution in [2.24, 2.45) is 0 Å². The Kier molecular flexibility index (Phi) is 9.55. The van der Waals surface area contributed by atoms with Crippen LogP contribution in [0.5, 0.6) is 0 Å². The predicted molar refractivity (Wildman–Crippen MR) is 125 cm³/mol. The highest BCUT2D eigenvalue weighted by Gasteiger charge is 2.32. The smallest absolute Gasteiger partial charge is 0.252 e. The molecule has 0 spiro atoms. The Hall–Kier alpha value is -2.35. The molecule has 0 saturated heterocycles. The number of unbranched alkanes of at least 4 members (excludes halogenated alkanes) is 1. The third-order valence-corrected chi connectivity index (χ3v) is 7.68. The predicted octanol–water partition coefficient (Wildman–Crippen LogP) is 3.57. The minimum Gasteiger partial charge on any atom is -0.361 e. The molecule has 0 aliphatic heterocycles. The molecule has 31 heavy (non-hydrogen) atoms. The lowest BCUT2D eigenvalue weighted by atomic mass is 10.1. The molecule has 2 rings (SSSR count). The van der Waals surface area contributed by atoms with Crippen LogP contribution in [0.3, 0.4) is 0 Å². The Morgan fingerprint density at radius 3 is 2.39 bits per heavy atom. The van der Waals surface area contributed by atoms with Crippen LogP contribution in [0.2, 0.25) is 0 Å². The van der Waals surface area contributed by atoms with E-state index in [2.05, 4.69) is 15.6 Å². The number of hydrogen-bond acceptors (Lipinski definition) is 4. The van der Waals surface area contributed by atoms with Crippen molar-refractivity contribution in [2.75, 3.05) is 12.3 Å². The lowest BCUT2D eigenvalue weighted by Gasteiger charge is -2.22. The Morgan fingerprint density at radius 1 is 1.03 bits per heavy atom. The van der Waals surface area contributed by atoms with E-state index in [1.54, 1.807) is 18.3 Å². The van der Waals surface area contributed by atoms with E-state index in [-0.39, 0.29) is 0 Å². The molecule has 0 bridgehead atoms. The lowest BCUT2D eigenvalue weighted by Crippen LogP contribution is -2.51. The number of benzene rings is 1. The summed E-state index contributed by atoms with van der Waals surface area (Å²) in [7, 11) is -3.56. The second-order valence-electron chi connectivity index (χ2n) is 7.98. The van der Waals surface area contributed by atoms with Crippen molar-refractivity contribution in [1.82, 2.24) is 15.6 Å². The first-order chi connectivity index (χ1) is 14.8. The number of sulfone groups is 1. The zero-order chi connectivity index (χ0) is 22.9. The van der Waals surface area contributed by atoms with Crippen LogP contribution in [0.15, 0.2) is 30.5 Å². The Labute approximate surface area is 185 Å². The molecule has 2 aromatic rings. The molecule has 0 saturated carbocycles. The fraction of sp³-hybridized carbons (Fsp3) is 0.565. The van der Waals surface area contributed by atoms with Gasteiger partial charge >= 0.3 is 0 Å². The molecule has 1 heterocycles. The van der Waals surface area contributed by atoms with Gasteiger partial charge in [0.1, 0.15) is 6.04 Å². The van der Waals surface area contributed by atoms with E-state index in [0.717, 1.165) is 36.6 Å². The summed E-state index contributed by atoms with van der Waals surface area (Å²) < 4.78 is 26.2. The maximum absolute atomic E-state index is 13.1. The molecule has 0 radical (unpaired) electrons. The third kappa shape index (κ3) is 7.09.